The van der Waals surface area contributed by atoms with Gasteiger partial charge in [0.25, 0.3) is 5.91 Å². The van der Waals surface area contributed by atoms with E-state index in [-0.39, 0.29) is 17.7 Å². The van der Waals surface area contributed by atoms with E-state index in [1.807, 2.05) is 6.92 Å². The van der Waals surface area contributed by atoms with Crippen LogP contribution in [-0.4, -0.2) is 85.7 Å². The number of ketones is 1. The summed E-state index contributed by atoms with van der Waals surface area (Å²) in [5, 5.41) is 11.0. The molecule has 4 aliphatic rings. The molecule has 1 heterocycles. The minimum atomic E-state index is -2.33. The molecule has 3 aliphatic carbocycles. The molecule has 41 heavy (non-hydrogen) atoms. The van der Waals surface area contributed by atoms with E-state index in [1.54, 1.807) is 0 Å². The Bertz CT molecular complexity index is 1040. The first-order chi connectivity index (χ1) is 19.5. The lowest BCUT2D eigenvalue weighted by Crippen LogP contribution is -2.63. The second kappa shape index (κ2) is 13.6. The molecule has 230 valence electrons. The van der Waals surface area contributed by atoms with E-state index in [0.29, 0.717) is 32.2 Å². The molecule has 1 saturated heterocycles. The Morgan fingerprint density at radius 3 is 2.17 bits per heavy atom. The summed E-state index contributed by atoms with van der Waals surface area (Å²) in [5.74, 6) is -2.49. The number of rotatable bonds is 11. The summed E-state index contributed by atoms with van der Waals surface area (Å²) in [5.41, 5.74) is -1.40. The standard InChI is InChI=1S/C28H45N5O7S/c1-27(12-4-2-5-13-27)22(31-26(38)32-28(18-41(39)40)14-6-3-7-15-28)25(37)33-16-8-9-20(33)23(35)29-17-21(34)24(36)30-19-10-11-19/h19-20,22H,2-18H2,1H3,(H,29,35)(H,30,36)(H,39,40)(H2,31,32,38)/p-1/t20-,22+/m0/s1. The predicted octanol–water partition coefficient (Wildman–Crippen LogP) is 1.16. The summed E-state index contributed by atoms with van der Waals surface area (Å²) in [6.07, 6.45) is 10.7. The second-order valence-corrected chi connectivity index (χ2v) is 13.5. The van der Waals surface area contributed by atoms with Crippen LogP contribution in [0.4, 0.5) is 4.79 Å². The molecule has 0 aromatic carbocycles. The third-order valence-electron chi connectivity index (χ3n) is 9.23. The summed E-state index contributed by atoms with van der Waals surface area (Å²) in [6, 6.07) is -2.26. The fraction of sp³-hybridized carbons (Fsp3) is 0.821. The maximum absolute atomic E-state index is 14.1. The van der Waals surface area contributed by atoms with Crippen LogP contribution < -0.4 is 21.3 Å². The Balaban J connectivity index is 1.44. The number of Topliss-reactive ketones (excluding diaryl/α,β-unsaturated/α-hetero) is 1. The Morgan fingerprint density at radius 2 is 1.56 bits per heavy atom. The zero-order valence-corrected chi connectivity index (χ0v) is 24.8. The summed E-state index contributed by atoms with van der Waals surface area (Å²) >= 11 is -2.33. The molecule has 4 rings (SSSR count). The highest BCUT2D eigenvalue weighted by molar-refractivity contribution is 7.79. The highest BCUT2D eigenvalue weighted by Crippen LogP contribution is 2.40. The average molecular weight is 595 g/mol. The SMILES string of the molecule is CC1([C@H](NC(=O)NC2(CS(=O)[O-])CCCCC2)C(=O)N2CCC[C@H]2C(=O)NCC(=O)C(=O)NC2CC2)CCCCC1. The van der Waals surface area contributed by atoms with Crippen molar-refractivity contribution in [1.82, 2.24) is 26.2 Å². The van der Waals surface area contributed by atoms with Gasteiger partial charge in [-0.25, -0.2) is 4.79 Å². The molecule has 0 spiro atoms. The lowest BCUT2D eigenvalue weighted by atomic mass is 9.70. The van der Waals surface area contributed by atoms with E-state index in [9.17, 15) is 32.7 Å². The van der Waals surface area contributed by atoms with Crippen LogP contribution in [0.3, 0.4) is 0 Å². The molecular weight excluding hydrogens is 550 g/mol. The number of nitrogens with one attached hydrogen (secondary N) is 4. The quantitative estimate of drug-likeness (QED) is 0.205. The second-order valence-electron chi connectivity index (χ2n) is 12.6. The molecule has 1 unspecified atom stereocenters. The number of hydrogen-bond acceptors (Lipinski definition) is 7. The fourth-order valence-electron chi connectivity index (χ4n) is 6.68. The first-order valence-electron chi connectivity index (χ1n) is 15.1. The Hall–Kier alpha value is -2.54. The molecule has 0 radical (unpaired) electrons. The fourth-order valence-corrected chi connectivity index (χ4v) is 7.49. The summed E-state index contributed by atoms with van der Waals surface area (Å²) in [6.45, 7) is 1.88. The topological polar surface area (TPSA) is 177 Å². The number of likely N-dealkylation sites (tertiary alicyclic amines) is 1. The zero-order chi connectivity index (χ0) is 29.6. The van der Waals surface area contributed by atoms with Gasteiger partial charge in [-0.1, -0.05) is 56.5 Å². The minimum absolute atomic E-state index is 0.0309. The van der Waals surface area contributed by atoms with Crippen LogP contribution >= 0.6 is 0 Å². The Morgan fingerprint density at radius 1 is 0.927 bits per heavy atom. The average Bonchev–Trinajstić information content (AvgIpc) is 3.60. The summed E-state index contributed by atoms with van der Waals surface area (Å²) < 4.78 is 23.3. The van der Waals surface area contributed by atoms with Gasteiger partial charge in [0.1, 0.15) is 12.1 Å². The van der Waals surface area contributed by atoms with Crippen LogP contribution in [-0.2, 0) is 30.3 Å². The molecule has 0 aromatic rings. The largest absolute Gasteiger partial charge is 0.772 e. The van der Waals surface area contributed by atoms with Crippen molar-refractivity contribution in [1.29, 1.82) is 0 Å². The van der Waals surface area contributed by atoms with E-state index in [0.717, 1.165) is 64.2 Å². The molecule has 0 aromatic heterocycles. The van der Waals surface area contributed by atoms with Crippen LogP contribution in [0, 0.1) is 5.41 Å². The van der Waals surface area contributed by atoms with Gasteiger partial charge in [0.05, 0.1) is 12.1 Å². The van der Waals surface area contributed by atoms with Crippen LogP contribution in [0.2, 0.25) is 0 Å². The van der Waals surface area contributed by atoms with Crippen LogP contribution in [0.25, 0.3) is 0 Å². The van der Waals surface area contributed by atoms with Crippen LogP contribution in [0.1, 0.15) is 96.8 Å². The van der Waals surface area contributed by atoms with Gasteiger partial charge < -0.3 is 30.7 Å². The van der Waals surface area contributed by atoms with E-state index < -0.39 is 64.3 Å². The monoisotopic (exact) mass is 594 g/mol. The zero-order valence-electron chi connectivity index (χ0n) is 24.0. The summed E-state index contributed by atoms with van der Waals surface area (Å²) in [7, 11) is 0. The van der Waals surface area contributed by atoms with Gasteiger partial charge in [-0.05, 0) is 56.8 Å². The van der Waals surface area contributed by atoms with Crippen molar-refractivity contribution in [2.75, 3.05) is 18.8 Å². The first-order valence-corrected chi connectivity index (χ1v) is 16.3. The molecule has 5 amide bonds. The maximum Gasteiger partial charge on any atom is 0.315 e. The number of amides is 5. The van der Waals surface area contributed by atoms with Gasteiger partial charge >= 0.3 is 6.03 Å². The van der Waals surface area contributed by atoms with Crippen molar-refractivity contribution in [2.45, 2.75) is 120 Å². The van der Waals surface area contributed by atoms with Gasteiger partial charge in [0, 0.05) is 18.3 Å². The minimum Gasteiger partial charge on any atom is -0.772 e. The number of nitrogens with zero attached hydrogens (tertiary/aromatic N) is 1. The highest BCUT2D eigenvalue weighted by Gasteiger charge is 2.47. The predicted molar refractivity (Wildman–Crippen MR) is 150 cm³/mol. The Labute approximate surface area is 244 Å². The van der Waals surface area contributed by atoms with Crippen molar-refractivity contribution in [3.05, 3.63) is 0 Å². The lowest BCUT2D eigenvalue weighted by Gasteiger charge is -2.43. The molecule has 3 atom stereocenters. The van der Waals surface area contributed by atoms with Gasteiger partial charge in [-0.2, -0.15) is 0 Å². The smallest absolute Gasteiger partial charge is 0.315 e. The number of carbonyl (C=O) groups excluding carboxylic acids is 5. The van der Waals surface area contributed by atoms with Crippen molar-refractivity contribution >= 4 is 40.6 Å². The van der Waals surface area contributed by atoms with Gasteiger partial charge in [0.15, 0.2) is 0 Å². The first kappa shape index (κ1) is 31.4. The van der Waals surface area contributed by atoms with E-state index in [1.165, 1.54) is 4.90 Å². The molecule has 4 N–H and O–H groups in total. The van der Waals surface area contributed by atoms with Crippen molar-refractivity contribution in [3.8, 4) is 0 Å². The highest BCUT2D eigenvalue weighted by atomic mass is 32.2. The molecule has 1 aliphatic heterocycles. The molecule has 13 heteroatoms. The maximum atomic E-state index is 14.1. The van der Waals surface area contributed by atoms with E-state index in [4.69, 9.17) is 0 Å². The molecule has 12 nitrogen and oxygen atoms in total. The number of carbonyl (C=O) groups is 5. The van der Waals surface area contributed by atoms with E-state index in [2.05, 4.69) is 21.3 Å². The molecular formula is C28H44N5O7S-. The normalized spacial score (nSPS) is 24.9. The van der Waals surface area contributed by atoms with Gasteiger partial charge in [-0.3, -0.25) is 23.4 Å². The third-order valence-corrected chi connectivity index (χ3v) is 10.0. The van der Waals surface area contributed by atoms with Crippen LogP contribution in [0.5, 0.6) is 0 Å². The van der Waals surface area contributed by atoms with Crippen molar-refractivity contribution in [2.24, 2.45) is 5.41 Å². The molecule has 3 saturated carbocycles. The van der Waals surface area contributed by atoms with Crippen LogP contribution in [0.15, 0.2) is 0 Å². The van der Waals surface area contributed by atoms with E-state index >= 15 is 0 Å². The third kappa shape index (κ3) is 8.27. The number of urea groups is 1. The lowest BCUT2D eigenvalue weighted by molar-refractivity contribution is -0.143. The molecule has 4 fully saturated rings. The van der Waals surface area contributed by atoms with Crippen molar-refractivity contribution in [3.63, 3.8) is 0 Å². The summed E-state index contributed by atoms with van der Waals surface area (Å²) in [4.78, 5) is 66.2. The van der Waals surface area contributed by atoms with Crippen molar-refractivity contribution < 1.29 is 32.7 Å². The van der Waals surface area contributed by atoms with Gasteiger partial charge in [-0.15, -0.1) is 0 Å². The number of hydrogen-bond donors (Lipinski definition) is 4. The Kier molecular flexibility index (Phi) is 10.4. The molecule has 0 bridgehead atoms. The van der Waals surface area contributed by atoms with Gasteiger partial charge in [0.2, 0.25) is 17.6 Å².